The first-order chi connectivity index (χ1) is 3.39. The van der Waals surface area contributed by atoms with Crippen molar-refractivity contribution in [3.63, 3.8) is 0 Å². The standard InChI is InChI=1S/C5H11NS/c6-5-2-1-3-7-4-5/h5H,1-4,6H2/t5-/m1/s1. The van der Waals surface area contributed by atoms with E-state index in [9.17, 15) is 0 Å². The van der Waals surface area contributed by atoms with E-state index in [4.69, 9.17) is 5.73 Å². The van der Waals surface area contributed by atoms with Crippen molar-refractivity contribution >= 4 is 11.8 Å². The van der Waals surface area contributed by atoms with Gasteiger partial charge in [0, 0.05) is 11.8 Å². The number of hydrogen-bond acceptors (Lipinski definition) is 2. The van der Waals surface area contributed by atoms with Crippen LogP contribution >= 0.6 is 11.8 Å². The zero-order valence-corrected chi connectivity index (χ0v) is 5.21. The molecule has 0 aromatic heterocycles. The molecule has 0 aliphatic carbocycles. The average Bonchev–Trinajstić information content (AvgIpc) is 1.69. The topological polar surface area (TPSA) is 26.0 Å². The van der Waals surface area contributed by atoms with Gasteiger partial charge in [0.1, 0.15) is 0 Å². The molecule has 0 radical (unpaired) electrons. The number of rotatable bonds is 0. The third kappa shape index (κ3) is 1.70. The molecule has 0 aromatic carbocycles. The van der Waals surface area contributed by atoms with Crippen LogP contribution in [0.5, 0.6) is 0 Å². The highest BCUT2D eigenvalue weighted by atomic mass is 32.2. The second-order valence-electron chi connectivity index (χ2n) is 1.98. The molecular weight excluding hydrogens is 106 g/mol. The van der Waals surface area contributed by atoms with Gasteiger partial charge in [0.2, 0.25) is 0 Å². The summed E-state index contributed by atoms with van der Waals surface area (Å²) < 4.78 is 0. The monoisotopic (exact) mass is 117 g/mol. The average molecular weight is 117 g/mol. The molecule has 2 heteroatoms. The minimum Gasteiger partial charge on any atom is -0.327 e. The summed E-state index contributed by atoms with van der Waals surface area (Å²) in [6, 6.07) is 0.499. The molecule has 0 spiro atoms. The molecule has 0 amide bonds. The highest BCUT2D eigenvalue weighted by molar-refractivity contribution is 7.99. The van der Waals surface area contributed by atoms with Gasteiger partial charge in [-0.05, 0) is 18.6 Å². The molecule has 1 rings (SSSR count). The molecule has 0 aromatic rings. The molecule has 1 heterocycles. The molecule has 1 atom stereocenters. The summed E-state index contributed by atoms with van der Waals surface area (Å²) in [5.41, 5.74) is 5.61. The Hall–Kier alpha value is 0.310. The third-order valence-corrected chi connectivity index (χ3v) is 2.44. The quantitative estimate of drug-likeness (QED) is 0.509. The van der Waals surface area contributed by atoms with Crippen LogP contribution in [0.15, 0.2) is 0 Å². The minimum absolute atomic E-state index is 0.499. The zero-order valence-electron chi connectivity index (χ0n) is 4.39. The Morgan fingerprint density at radius 2 is 2.43 bits per heavy atom. The number of nitrogens with two attached hydrogens (primary N) is 1. The van der Waals surface area contributed by atoms with Crippen LogP contribution in [0.4, 0.5) is 0 Å². The van der Waals surface area contributed by atoms with Crippen molar-refractivity contribution in [1.82, 2.24) is 0 Å². The highest BCUT2D eigenvalue weighted by Crippen LogP contribution is 2.14. The van der Waals surface area contributed by atoms with E-state index in [1.54, 1.807) is 0 Å². The largest absolute Gasteiger partial charge is 0.327 e. The minimum atomic E-state index is 0.499. The van der Waals surface area contributed by atoms with Crippen molar-refractivity contribution in [3.8, 4) is 0 Å². The fourth-order valence-electron chi connectivity index (χ4n) is 0.766. The Labute approximate surface area is 48.7 Å². The molecule has 0 unspecified atom stereocenters. The second kappa shape index (κ2) is 2.58. The van der Waals surface area contributed by atoms with Gasteiger partial charge in [0.05, 0.1) is 0 Å². The van der Waals surface area contributed by atoms with Gasteiger partial charge in [-0.2, -0.15) is 11.8 Å². The summed E-state index contributed by atoms with van der Waals surface area (Å²) in [5, 5.41) is 0. The number of thioether (sulfide) groups is 1. The highest BCUT2D eigenvalue weighted by Gasteiger charge is 2.06. The Bertz CT molecular complexity index is 50.0. The molecular formula is C5H11NS. The van der Waals surface area contributed by atoms with Crippen molar-refractivity contribution in [2.75, 3.05) is 11.5 Å². The summed E-state index contributed by atoms with van der Waals surface area (Å²) >= 11 is 1.98. The Morgan fingerprint density at radius 3 is 2.71 bits per heavy atom. The Morgan fingerprint density at radius 1 is 1.57 bits per heavy atom. The molecule has 1 saturated heterocycles. The third-order valence-electron chi connectivity index (χ3n) is 1.20. The van der Waals surface area contributed by atoms with Gasteiger partial charge in [-0.25, -0.2) is 0 Å². The van der Waals surface area contributed by atoms with Gasteiger partial charge in [-0.15, -0.1) is 0 Å². The lowest BCUT2D eigenvalue weighted by molar-refractivity contribution is 0.648. The van der Waals surface area contributed by atoms with Crippen LogP contribution in [0, 0.1) is 0 Å². The maximum Gasteiger partial charge on any atom is 0.0130 e. The van der Waals surface area contributed by atoms with Gasteiger partial charge in [-0.3, -0.25) is 0 Å². The molecule has 1 aliphatic heterocycles. The molecule has 7 heavy (non-hydrogen) atoms. The lowest BCUT2D eigenvalue weighted by Gasteiger charge is -2.15. The summed E-state index contributed by atoms with van der Waals surface area (Å²) in [4.78, 5) is 0. The van der Waals surface area contributed by atoms with Gasteiger partial charge in [-0.1, -0.05) is 0 Å². The maximum absolute atomic E-state index is 5.61. The van der Waals surface area contributed by atoms with Crippen molar-refractivity contribution < 1.29 is 0 Å². The van der Waals surface area contributed by atoms with Gasteiger partial charge in [0.25, 0.3) is 0 Å². The Kier molecular flexibility index (Phi) is 2.00. The fraction of sp³-hybridized carbons (Fsp3) is 1.00. The van der Waals surface area contributed by atoms with Gasteiger partial charge in [0.15, 0.2) is 0 Å². The van der Waals surface area contributed by atoms with Crippen LogP contribution in [0.3, 0.4) is 0 Å². The van der Waals surface area contributed by atoms with Crippen molar-refractivity contribution in [2.24, 2.45) is 5.73 Å². The van der Waals surface area contributed by atoms with Crippen LogP contribution in [0.25, 0.3) is 0 Å². The van der Waals surface area contributed by atoms with Crippen LogP contribution < -0.4 is 5.73 Å². The van der Waals surface area contributed by atoms with Gasteiger partial charge < -0.3 is 5.73 Å². The smallest absolute Gasteiger partial charge is 0.0130 e. The molecule has 0 bridgehead atoms. The van der Waals surface area contributed by atoms with E-state index in [1.165, 1.54) is 24.3 Å². The van der Waals surface area contributed by atoms with E-state index in [0.29, 0.717) is 6.04 Å². The van der Waals surface area contributed by atoms with E-state index >= 15 is 0 Å². The lowest BCUT2D eigenvalue weighted by Crippen LogP contribution is -2.25. The molecule has 0 saturated carbocycles. The van der Waals surface area contributed by atoms with E-state index in [0.717, 1.165) is 0 Å². The van der Waals surface area contributed by atoms with Crippen LogP contribution in [-0.2, 0) is 0 Å². The van der Waals surface area contributed by atoms with E-state index < -0.39 is 0 Å². The molecule has 42 valence electrons. The lowest BCUT2D eigenvalue weighted by atomic mass is 10.2. The summed E-state index contributed by atoms with van der Waals surface area (Å²) in [5.74, 6) is 2.51. The fourth-order valence-corrected chi connectivity index (χ4v) is 1.77. The molecule has 2 N–H and O–H groups in total. The normalized spacial score (nSPS) is 33.0. The number of hydrogen-bond donors (Lipinski definition) is 1. The van der Waals surface area contributed by atoms with Gasteiger partial charge >= 0.3 is 0 Å². The molecule has 1 nitrogen and oxygen atoms in total. The maximum atomic E-state index is 5.61. The van der Waals surface area contributed by atoms with E-state index in [-0.39, 0.29) is 0 Å². The zero-order chi connectivity index (χ0) is 5.11. The first-order valence-electron chi connectivity index (χ1n) is 2.73. The second-order valence-corrected chi connectivity index (χ2v) is 3.13. The summed E-state index contributed by atoms with van der Waals surface area (Å²) in [6.07, 6.45) is 2.57. The SMILES string of the molecule is N[C@@H]1CCCSC1. The van der Waals surface area contributed by atoms with Crippen LogP contribution in [-0.4, -0.2) is 17.5 Å². The van der Waals surface area contributed by atoms with E-state index in [2.05, 4.69) is 0 Å². The Balaban J connectivity index is 2.12. The summed E-state index contributed by atoms with van der Waals surface area (Å²) in [7, 11) is 0. The first-order valence-corrected chi connectivity index (χ1v) is 3.88. The molecule has 1 aliphatic rings. The van der Waals surface area contributed by atoms with Crippen LogP contribution in [0.1, 0.15) is 12.8 Å². The molecule has 1 fully saturated rings. The van der Waals surface area contributed by atoms with Crippen molar-refractivity contribution in [3.05, 3.63) is 0 Å². The van der Waals surface area contributed by atoms with E-state index in [1.807, 2.05) is 11.8 Å². The summed E-state index contributed by atoms with van der Waals surface area (Å²) in [6.45, 7) is 0. The van der Waals surface area contributed by atoms with Crippen molar-refractivity contribution in [1.29, 1.82) is 0 Å². The predicted molar refractivity (Wildman–Crippen MR) is 34.5 cm³/mol. The van der Waals surface area contributed by atoms with Crippen LogP contribution in [0.2, 0.25) is 0 Å². The predicted octanol–water partition coefficient (Wildman–Crippen LogP) is 0.841. The van der Waals surface area contributed by atoms with Crippen molar-refractivity contribution in [2.45, 2.75) is 18.9 Å². The first kappa shape index (κ1) is 5.45.